The van der Waals surface area contributed by atoms with Gasteiger partial charge in [0, 0.05) is 9.75 Å². The quantitative estimate of drug-likeness (QED) is 0.789. The lowest BCUT2D eigenvalue weighted by Gasteiger charge is -1.97. The minimum atomic E-state index is -0.326. The number of pyridine rings is 1. The molecule has 0 fully saturated rings. The van der Waals surface area contributed by atoms with Crippen molar-refractivity contribution in [2.24, 2.45) is 0 Å². The zero-order valence-electron chi connectivity index (χ0n) is 9.72. The fraction of sp³-hybridized carbons (Fsp3) is 0.167. The molecule has 0 aromatic carbocycles. The maximum atomic E-state index is 13.0. The lowest BCUT2D eigenvalue weighted by molar-refractivity contribution is 0.615. The van der Waals surface area contributed by atoms with E-state index in [2.05, 4.69) is 34.5 Å². The standard InChI is InChI=1S/C12H11FN4S/c1-8-2-4-10(18-8)6-14-12-15-11-5-3-9(13)7-17(11)16-12/h2-5,7H,6H2,1H3,(H,14,16). The topological polar surface area (TPSA) is 42.2 Å². The molecule has 3 rings (SSSR count). The predicted octanol–water partition coefficient (Wildman–Crippen LogP) is 2.85. The molecule has 92 valence electrons. The molecule has 0 radical (unpaired) electrons. The number of nitrogens with zero attached hydrogens (tertiary/aromatic N) is 3. The molecule has 0 aliphatic heterocycles. The van der Waals surface area contributed by atoms with Crippen molar-refractivity contribution >= 4 is 22.9 Å². The molecular weight excluding hydrogens is 251 g/mol. The van der Waals surface area contributed by atoms with E-state index in [0.29, 0.717) is 18.1 Å². The summed E-state index contributed by atoms with van der Waals surface area (Å²) in [5.74, 6) is 0.180. The first-order valence-electron chi connectivity index (χ1n) is 5.52. The molecule has 0 unspecified atom stereocenters. The smallest absolute Gasteiger partial charge is 0.243 e. The highest BCUT2D eigenvalue weighted by atomic mass is 32.1. The number of nitrogens with one attached hydrogen (secondary N) is 1. The van der Waals surface area contributed by atoms with Crippen LogP contribution in [-0.4, -0.2) is 14.6 Å². The Balaban J connectivity index is 1.78. The normalized spacial score (nSPS) is 11.0. The van der Waals surface area contributed by atoms with Gasteiger partial charge in [-0.25, -0.2) is 8.91 Å². The first-order chi connectivity index (χ1) is 8.70. The molecular formula is C12H11FN4S. The van der Waals surface area contributed by atoms with Crippen molar-refractivity contribution in [2.45, 2.75) is 13.5 Å². The summed E-state index contributed by atoms with van der Waals surface area (Å²) in [6, 6.07) is 7.12. The average Bonchev–Trinajstić information content (AvgIpc) is 2.92. The zero-order chi connectivity index (χ0) is 12.5. The predicted molar refractivity (Wildman–Crippen MR) is 69.3 cm³/mol. The van der Waals surface area contributed by atoms with E-state index in [-0.39, 0.29) is 5.82 Å². The van der Waals surface area contributed by atoms with Gasteiger partial charge in [-0.05, 0) is 31.2 Å². The lowest BCUT2D eigenvalue weighted by atomic mass is 10.4. The number of rotatable bonds is 3. The maximum absolute atomic E-state index is 13.0. The van der Waals surface area contributed by atoms with Crippen LogP contribution in [0.15, 0.2) is 30.5 Å². The molecule has 3 aromatic rings. The highest BCUT2D eigenvalue weighted by Crippen LogP contribution is 2.16. The number of thiophene rings is 1. The van der Waals surface area contributed by atoms with Crippen molar-refractivity contribution in [1.29, 1.82) is 0 Å². The monoisotopic (exact) mass is 262 g/mol. The molecule has 1 N–H and O–H groups in total. The van der Waals surface area contributed by atoms with Crippen LogP contribution in [0.2, 0.25) is 0 Å². The number of halogens is 1. The van der Waals surface area contributed by atoms with E-state index in [9.17, 15) is 4.39 Å². The summed E-state index contributed by atoms with van der Waals surface area (Å²) >= 11 is 1.73. The molecule has 0 spiro atoms. The van der Waals surface area contributed by atoms with Gasteiger partial charge < -0.3 is 5.32 Å². The Morgan fingerprint density at radius 3 is 3.00 bits per heavy atom. The van der Waals surface area contributed by atoms with Crippen molar-refractivity contribution in [2.75, 3.05) is 5.32 Å². The third-order valence-corrected chi connectivity index (χ3v) is 3.51. The number of hydrogen-bond donors (Lipinski definition) is 1. The Hall–Kier alpha value is -1.95. The average molecular weight is 262 g/mol. The second-order valence-electron chi connectivity index (χ2n) is 3.95. The van der Waals surface area contributed by atoms with Crippen molar-refractivity contribution in [3.8, 4) is 0 Å². The van der Waals surface area contributed by atoms with Gasteiger partial charge in [0.1, 0.15) is 5.82 Å². The van der Waals surface area contributed by atoms with E-state index < -0.39 is 0 Å². The van der Waals surface area contributed by atoms with Gasteiger partial charge in [0.25, 0.3) is 0 Å². The molecule has 4 nitrogen and oxygen atoms in total. The van der Waals surface area contributed by atoms with Gasteiger partial charge in [-0.2, -0.15) is 4.98 Å². The fourth-order valence-electron chi connectivity index (χ4n) is 1.68. The summed E-state index contributed by atoms with van der Waals surface area (Å²) in [6.07, 6.45) is 1.31. The summed E-state index contributed by atoms with van der Waals surface area (Å²) < 4.78 is 14.4. The lowest BCUT2D eigenvalue weighted by Crippen LogP contribution is -1.99. The van der Waals surface area contributed by atoms with Crippen LogP contribution in [0.1, 0.15) is 9.75 Å². The minimum Gasteiger partial charge on any atom is -0.348 e. The largest absolute Gasteiger partial charge is 0.348 e. The van der Waals surface area contributed by atoms with Crippen molar-refractivity contribution in [3.63, 3.8) is 0 Å². The van der Waals surface area contributed by atoms with Crippen LogP contribution in [0.25, 0.3) is 5.65 Å². The van der Waals surface area contributed by atoms with E-state index in [1.807, 2.05) is 0 Å². The second-order valence-corrected chi connectivity index (χ2v) is 5.32. The number of aromatic nitrogens is 3. The SMILES string of the molecule is Cc1ccc(CNc2nc3ccc(F)cn3n2)s1. The summed E-state index contributed by atoms with van der Waals surface area (Å²) in [7, 11) is 0. The molecule has 0 aliphatic rings. The third kappa shape index (κ3) is 2.19. The molecule has 0 saturated carbocycles. The van der Waals surface area contributed by atoms with Crippen LogP contribution >= 0.6 is 11.3 Å². The van der Waals surface area contributed by atoms with Crippen molar-refractivity contribution < 1.29 is 4.39 Å². The van der Waals surface area contributed by atoms with Crippen LogP contribution in [0.4, 0.5) is 10.3 Å². The van der Waals surface area contributed by atoms with E-state index in [4.69, 9.17) is 0 Å². The molecule has 0 bridgehead atoms. The van der Waals surface area contributed by atoms with Gasteiger partial charge in [0.2, 0.25) is 5.95 Å². The molecule has 0 saturated heterocycles. The summed E-state index contributed by atoms with van der Waals surface area (Å²) in [5.41, 5.74) is 0.626. The van der Waals surface area contributed by atoms with E-state index >= 15 is 0 Å². The van der Waals surface area contributed by atoms with Gasteiger partial charge in [0.05, 0.1) is 12.7 Å². The molecule has 0 amide bonds. The van der Waals surface area contributed by atoms with E-state index in [1.165, 1.54) is 26.5 Å². The van der Waals surface area contributed by atoms with E-state index in [1.54, 1.807) is 17.4 Å². The number of fused-ring (bicyclic) bond motifs is 1. The molecule has 3 aromatic heterocycles. The zero-order valence-corrected chi connectivity index (χ0v) is 10.5. The van der Waals surface area contributed by atoms with Gasteiger partial charge in [-0.3, -0.25) is 0 Å². The minimum absolute atomic E-state index is 0.326. The van der Waals surface area contributed by atoms with E-state index in [0.717, 1.165) is 0 Å². The van der Waals surface area contributed by atoms with Gasteiger partial charge >= 0.3 is 0 Å². The molecule has 0 aliphatic carbocycles. The second kappa shape index (κ2) is 4.38. The highest BCUT2D eigenvalue weighted by molar-refractivity contribution is 7.11. The highest BCUT2D eigenvalue weighted by Gasteiger charge is 2.04. The van der Waals surface area contributed by atoms with Gasteiger partial charge in [0.15, 0.2) is 5.65 Å². The summed E-state index contributed by atoms with van der Waals surface area (Å²) in [6.45, 7) is 2.75. The van der Waals surface area contributed by atoms with Crippen LogP contribution in [-0.2, 0) is 6.54 Å². The molecule has 18 heavy (non-hydrogen) atoms. The summed E-state index contributed by atoms with van der Waals surface area (Å²) in [4.78, 5) is 6.75. The van der Waals surface area contributed by atoms with Crippen molar-refractivity contribution in [3.05, 3.63) is 46.0 Å². The molecule has 3 heterocycles. The first kappa shape index (κ1) is 11.2. The Bertz CT molecular complexity index is 688. The van der Waals surface area contributed by atoms with Crippen LogP contribution < -0.4 is 5.32 Å². The first-order valence-corrected chi connectivity index (χ1v) is 6.33. The van der Waals surface area contributed by atoms with Crippen LogP contribution in [0.5, 0.6) is 0 Å². The molecule has 6 heteroatoms. The van der Waals surface area contributed by atoms with Gasteiger partial charge in [-0.1, -0.05) is 0 Å². The molecule has 0 atom stereocenters. The van der Waals surface area contributed by atoms with Crippen molar-refractivity contribution in [1.82, 2.24) is 14.6 Å². The summed E-state index contributed by atoms with van der Waals surface area (Å²) in [5, 5.41) is 7.28. The third-order valence-electron chi connectivity index (χ3n) is 2.51. The fourth-order valence-corrected chi connectivity index (χ4v) is 2.51. The Labute approximate surface area is 107 Å². The Morgan fingerprint density at radius 2 is 2.22 bits per heavy atom. The number of hydrogen-bond acceptors (Lipinski definition) is 4. The van der Waals surface area contributed by atoms with Crippen LogP contribution in [0.3, 0.4) is 0 Å². The van der Waals surface area contributed by atoms with Gasteiger partial charge in [-0.15, -0.1) is 16.4 Å². The number of anilines is 1. The Morgan fingerprint density at radius 1 is 1.33 bits per heavy atom. The Kier molecular flexibility index (Phi) is 2.71. The van der Waals surface area contributed by atoms with Crippen LogP contribution in [0, 0.1) is 12.7 Å². The maximum Gasteiger partial charge on any atom is 0.243 e. The number of aryl methyl sites for hydroxylation is 1.